The molecule has 6 nitrogen and oxygen atoms in total. The van der Waals surface area contributed by atoms with Crippen molar-refractivity contribution in [1.29, 1.82) is 0 Å². The number of ether oxygens (including phenoxy) is 2. The fourth-order valence-corrected chi connectivity index (χ4v) is 3.75. The van der Waals surface area contributed by atoms with Crippen LogP contribution in [0.2, 0.25) is 0 Å². The standard InChI is InChI=1S/C20H20N2O4S/c1-5-25-19(23)17-11(2)14-8-6-7-9-15(14)22-16(17)10-26-20(24)18-12(3)21-13(4)27-18/h6-9H,5,10H2,1-4H3. The first-order valence-electron chi connectivity index (χ1n) is 8.58. The molecule has 0 spiro atoms. The van der Waals surface area contributed by atoms with Gasteiger partial charge >= 0.3 is 11.9 Å². The molecular weight excluding hydrogens is 364 g/mol. The van der Waals surface area contributed by atoms with Gasteiger partial charge in [-0.05, 0) is 39.3 Å². The Morgan fingerprint density at radius 1 is 1.04 bits per heavy atom. The molecule has 0 radical (unpaired) electrons. The van der Waals surface area contributed by atoms with Crippen LogP contribution in [0.15, 0.2) is 24.3 Å². The molecule has 0 aliphatic heterocycles. The predicted molar refractivity (Wildman–Crippen MR) is 103 cm³/mol. The largest absolute Gasteiger partial charge is 0.462 e. The molecule has 0 aliphatic carbocycles. The second kappa shape index (κ2) is 7.84. The van der Waals surface area contributed by atoms with Crippen LogP contribution in [0, 0.1) is 20.8 Å². The lowest BCUT2D eigenvalue weighted by Gasteiger charge is -2.14. The summed E-state index contributed by atoms with van der Waals surface area (Å²) >= 11 is 1.28. The Morgan fingerprint density at radius 3 is 2.44 bits per heavy atom. The predicted octanol–water partition coefficient (Wildman–Crippen LogP) is 4.15. The van der Waals surface area contributed by atoms with Gasteiger partial charge in [-0.1, -0.05) is 18.2 Å². The minimum Gasteiger partial charge on any atom is -0.462 e. The van der Waals surface area contributed by atoms with E-state index in [1.54, 1.807) is 13.8 Å². The van der Waals surface area contributed by atoms with Gasteiger partial charge in [-0.15, -0.1) is 11.3 Å². The Bertz CT molecular complexity index is 1030. The number of benzene rings is 1. The molecule has 0 aliphatic rings. The maximum atomic E-state index is 12.5. The van der Waals surface area contributed by atoms with Crippen molar-refractivity contribution in [3.63, 3.8) is 0 Å². The van der Waals surface area contributed by atoms with Crippen LogP contribution in [0.5, 0.6) is 0 Å². The van der Waals surface area contributed by atoms with E-state index < -0.39 is 11.9 Å². The van der Waals surface area contributed by atoms with Crippen molar-refractivity contribution in [1.82, 2.24) is 9.97 Å². The van der Waals surface area contributed by atoms with Crippen molar-refractivity contribution < 1.29 is 19.1 Å². The summed E-state index contributed by atoms with van der Waals surface area (Å²) in [5.41, 5.74) is 2.86. The summed E-state index contributed by atoms with van der Waals surface area (Å²) in [6.45, 7) is 7.33. The average molecular weight is 384 g/mol. The van der Waals surface area contributed by atoms with Gasteiger partial charge < -0.3 is 9.47 Å². The van der Waals surface area contributed by atoms with E-state index in [1.807, 2.05) is 38.1 Å². The number of hydrogen-bond donors (Lipinski definition) is 0. The maximum absolute atomic E-state index is 12.5. The number of carbonyl (C=O) groups excluding carboxylic acids is 2. The molecule has 27 heavy (non-hydrogen) atoms. The molecule has 0 saturated carbocycles. The normalized spacial score (nSPS) is 10.8. The van der Waals surface area contributed by atoms with Gasteiger partial charge in [0, 0.05) is 5.39 Å². The van der Waals surface area contributed by atoms with Gasteiger partial charge in [0.25, 0.3) is 0 Å². The lowest BCUT2D eigenvalue weighted by molar-refractivity contribution is 0.0448. The summed E-state index contributed by atoms with van der Waals surface area (Å²) in [4.78, 5) is 34.1. The van der Waals surface area contributed by atoms with Crippen LogP contribution in [-0.2, 0) is 16.1 Å². The number of esters is 2. The third-order valence-corrected chi connectivity index (χ3v) is 5.19. The zero-order valence-electron chi connectivity index (χ0n) is 15.7. The molecule has 1 aromatic carbocycles. The molecule has 0 atom stereocenters. The summed E-state index contributed by atoms with van der Waals surface area (Å²) in [5, 5.41) is 1.66. The van der Waals surface area contributed by atoms with Crippen LogP contribution in [0.4, 0.5) is 0 Å². The average Bonchev–Trinajstić information content (AvgIpc) is 2.98. The molecule has 2 heterocycles. The van der Waals surface area contributed by atoms with Crippen LogP contribution in [0.3, 0.4) is 0 Å². The SMILES string of the molecule is CCOC(=O)c1c(COC(=O)c2sc(C)nc2C)nc2ccccc2c1C. The zero-order chi connectivity index (χ0) is 19.6. The van der Waals surface area contributed by atoms with Crippen LogP contribution in [0.1, 0.15) is 48.9 Å². The number of carbonyl (C=O) groups is 2. The zero-order valence-corrected chi connectivity index (χ0v) is 16.5. The highest BCUT2D eigenvalue weighted by atomic mass is 32.1. The lowest BCUT2D eigenvalue weighted by Crippen LogP contribution is -2.15. The number of fused-ring (bicyclic) bond motifs is 1. The second-order valence-electron chi connectivity index (χ2n) is 6.02. The highest BCUT2D eigenvalue weighted by molar-refractivity contribution is 7.13. The van der Waals surface area contributed by atoms with E-state index in [0.717, 1.165) is 21.5 Å². The highest BCUT2D eigenvalue weighted by Gasteiger charge is 2.22. The van der Waals surface area contributed by atoms with Crippen molar-refractivity contribution in [3.8, 4) is 0 Å². The highest BCUT2D eigenvalue weighted by Crippen LogP contribution is 2.25. The van der Waals surface area contributed by atoms with Crippen molar-refractivity contribution in [2.45, 2.75) is 34.3 Å². The van der Waals surface area contributed by atoms with Gasteiger partial charge in [0.1, 0.15) is 11.5 Å². The summed E-state index contributed by atoms with van der Waals surface area (Å²) in [7, 11) is 0. The molecule has 2 aromatic heterocycles. The molecule has 0 unspecified atom stereocenters. The Kier molecular flexibility index (Phi) is 5.51. The molecule has 7 heteroatoms. The molecular formula is C20H20N2O4S. The molecule has 0 N–H and O–H groups in total. The maximum Gasteiger partial charge on any atom is 0.350 e. The van der Waals surface area contributed by atoms with E-state index in [0.29, 0.717) is 21.8 Å². The summed E-state index contributed by atoms with van der Waals surface area (Å²) in [6, 6.07) is 7.53. The first-order valence-corrected chi connectivity index (χ1v) is 9.40. The number of aromatic nitrogens is 2. The number of aryl methyl sites for hydroxylation is 3. The summed E-state index contributed by atoms with van der Waals surface area (Å²) in [6.07, 6.45) is 0. The Morgan fingerprint density at radius 2 is 1.78 bits per heavy atom. The smallest absolute Gasteiger partial charge is 0.350 e. The quantitative estimate of drug-likeness (QED) is 0.615. The van der Waals surface area contributed by atoms with Crippen molar-refractivity contribution in [2.24, 2.45) is 0 Å². The van der Waals surface area contributed by atoms with Gasteiger partial charge in [0.15, 0.2) is 0 Å². The van der Waals surface area contributed by atoms with Gasteiger partial charge in [0.05, 0.1) is 34.1 Å². The van der Waals surface area contributed by atoms with E-state index in [-0.39, 0.29) is 13.2 Å². The Hall–Kier alpha value is -2.80. The second-order valence-corrected chi connectivity index (χ2v) is 7.22. The van der Waals surface area contributed by atoms with E-state index >= 15 is 0 Å². The fourth-order valence-electron chi connectivity index (χ4n) is 2.94. The Labute approximate surface area is 161 Å². The van der Waals surface area contributed by atoms with E-state index in [9.17, 15) is 9.59 Å². The lowest BCUT2D eigenvalue weighted by atomic mass is 10.0. The monoisotopic (exact) mass is 384 g/mol. The van der Waals surface area contributed by atoms with Crippen LogP contribution >= 0.6 is 11.3 Å². The molecule has 0 amide bonds. The molecule has 3 rings (SSSR count). The summed E-state index contributed by atoms with van der Waals surface area (Å²) in [5.74, 6) is -0.940. The minimum absolute atomic E-state index is 0.116. The third-order valence-electron chi connectivity index (χ3n) is 4.14. The number of hydrogen-bond acceptors (Lipinski definition) is 7. The van der Waals surface area contributed by atoms with E-state index in [1.165, 1.54) is 11.3 Å². The minimum atomic E-state index is -0.472. The first-order chi connectivity index (χ1) is 12.9. The number of nitrogens with zero attached hydrogens (tertiary/aromatic N) is 2. The molecule has 140 valence electrons. The molecule has 0 fully saturated rings. The van der Waals surface area contributed by atoms with Crippen molar-refractivity contribution >= 4 is 34.2 Å². The fraction of sp³-hybridized carbons (Fsp3) is 0.300. The molecule has 3 aromatic rings. The van der Waals surface area contributed by atoms with Crippen molar-refractivity contribution in [3.05, 3.63) is 56.7 Å². The summed E-state index contributed by atoms with van der Waals surface area (Å²) < 4.78 is 10.6. The van der Waals surface area contributed by atoms with Crippen LogP contribution in [-0.4, -0.2) is 28.5 Å². The Balaban J connectivity index is 1.97. The molecule has 0 bridgehead atoms. The van der Waals surface area contributed by atoms with Crippen LogP contribution in [0.25, 0.3) is 10.9 Å². The van der Waals surface area contributed by atoms with E-state index in [4.69, 9.17) is 9.47 Å². The number of pyridine rings is 1. The van der Waals surface area contributed by atoms with Gasteiger partial charge in [-0.2, -0.15) is 0 Å². The molecule has 0 saturated heterocycles. The topological polar surface area (TPSA) is 78.4 Å². The van der Waals surface area contributed by atoms with Crippen molar-refractivity contribution in [2.75, 3.05) is 6.61 Å². The first kappa shape index (κ1) is 19.0. The van der Waals surface area contributed by atoms with Gasteiger partial charge in [0.2, 0.25) is 0 Å². The van der Waals surface area contributed by atoms with Crippen LogP contribution < -0.4 is 0 Å². The number of para-hydroxylation sites is 1. The number of thiazole rings is 1. The third kappa shape index (κ3) is 3.83. The van der Waals surface area contributed by atoms with Gasteiger partial charge in [-0.3, -0.25) is 0 Å². The van der Waals surface area contributed by atoms with E-state index in [2.05, 4.69) is 9.97 Å². The number of rotatable bonds is 5. The van der Waals surface area contributed by atoms with Gasteiger partial charge in [-0.25, -0.2) is 19.6 Å².